The highest BCUT2D eigenvalue weighted by atomic mass is 32.2. The Kier molecular flexibility index (Phi) is 6.49. The third-order valence-electron chi connectivity index (χ3n) is 2.29. The van der Waals surface area contributed by atoms with Crippen molar-refractivity contribution < 1.29 is 9.53 Å². The van der Waals surface area contributed by atoms with Crippen LogP contribution >= 0.6 is 11.8 Å². The van der Waals surface area contributed by atoms with Crippen LogP contribution in [0.2, 0.25) is 0 Å². The zero-order valence-electron chi connectivity index (χ0n) is 10.4. The van der Waals surface area contributed by atoms with E-state index in [-0.39, 0.29) is 12.5 Å². The lowest BCUT2D eigenvalue weighted by Gasteiger charge is -2.15. The Morgan fingerprint density at radius 3 is 2.94 bits per heavy atom. The van der Waals surface area contributed by atoms with Gasteiger partial charge in [-0.3, -0.25) is 4.79 Å². The summed E-state index contributed by atoms with van der Waals surface area (Å²) >= 11 is 1.61. The van der Waals surface area contributed by atoms with Crippen LogP contribution in [0.4, 0.5) is 5.69 Å². The van der Waals surface area contributed by atoms with E-state index in [1.165, 1.54) is 7.11 Å². The largest absolute Gasteiger partial charge is 0.370 e. The molecular weight excluding hydrogens is 248 g/mol. The lowest BCUT2D eigenvalue weighted by molar-refractivity contribution is -0.125. The fraction of sp³-hybridized carbons (Fsp3) is 0.308. The van der Waals surface area contributed by atoms with E-state index in [4.69, 9.17) is 10.5 Å². The zero-order valence-corrected chi connectivity index (χ0v) is 11.2. The van der Waals surface area contributed by atoms with Gasteiger partial charge in [-0.2, -0.15) is 0 Å². The molecule has 0 saturated carbocycles. The maximum atomic E-state index is 11.9. The maximum absolute atomic E-state index is 11.9. The molecule has 0 fully saturated rings. The SMILES string of the molecule is C=CCSc1ccccc1NC(=O)C(CN)OC. The number of carbonyl (C=O) groups excluding carboxylic acids is 1. The smallest absolute Gasteiger partial charge is 0.254 e. The molecule has 0 bridgehead atoms. The predicted molar refractivity (Wildman–Crippen MR) is 75.8 cm³/mol. The molecule has 0 radical (unpaired) electrons. The molecular formula is C13H18N2O2S. The number of nitrogens with one attached hydrogen (secondary N) is 1. The van der Waals surface area contributed by atoms with Crippen LogP contribution in [0, 0.1) is 0 Å². The monoisotopic (exact) mass is 266 g/mol. The van der Waals surface area contributed by atoms with E-state index >= 15 is 0 Å². The van der Waals surface area contributed by atoms with E-state index in [0.717, 1.165) is 16.3 Å². The quantitative estimate of drug-likeness (QED) is 0.584. The first-order valence-corrected chi connectivity index (χ1v) is 6.58. The Balaban J connectivity index is 2.76. The van der Waals surface area contributed by atoms with Crippen LogP contribution in [-0.4, -0.2) is 31.4 Å². The lowest BCUT2D eigenvalue weighted by atomic mass is 10.3. The van der Waals surface area contributed by atoms with Crippen molar-refractivity contribution in [1.29, 1.82) is 0 Å². The normalized spacial score (nSPS) is 11.9. The number of carbonyl (C=O) groups is 1. The summed E-state index contributed by atoms with van der Waals surface area (Å²) in [7, 11) is 1.47. The van der Waals surface area contributed by atoms with Crippen molar-refractivity contribution in [3.8, 4) is 0 Å². The number of ether oxygens (including phenoxy) is 1. The molecule has 0 aromatic heterocycles. The molecule has 4 nitrogen and oxygen atoms in total. The van der Waals surface area contributed by atoms with Crippen molar-refractivity contribution in [2.45, 2.75) is 11.0 Å². The Hall–Kier alpha value is -1.30. The first-order valence-electron chi connectivity index (χ1n) is 5.59. The molecule has 1 atom stereocenters. The van der Waals surface area contributed by atoms with Crippen LogP contribution in [0.15, 0.2) is 41.8 Å². The lowest BCUT2D eigenvalue weighted by Crippen LogP contribution is -2.36. The molecule has 3 N–H and O–H groups in total. The molecule has 0 aliphatic heterocycles. The van der Waals surface area contributed by atoms with Crippen LogP contribution in [0.25, 0.3) is 0 Å². The van der Waals surface area contributed by atoms with E-state index < -0.39 is 6.10 Å². The van der Waals surface area contributed by atoms with E-state index in [1.54, 1.807) is 11.8 Å². The van der Waals surface area contributed by atoms with Crippen molar-refractivity contribution in [1.82, 2.24) is 0 Å². The molecule has 0 aliphatic carbocycles. The Bertz CT molecular complexity index is 406. The number of anilines is 1. The minimum Gasteiger partial charge on any atom is -0.370 e. The summed E-state index contributed by atoms with van der Waals surface area (Å²) in [5.74, 6) is 0.559. The molecule has 1 aromatic rings. The van der Waals surface area contributed by atoms with E-state index in [0.29, 0.717) is 0 Å². The van der Waals surface area contributed by atoms with Gasteiger partial charge in [0.15, 0.2) is 0 Å². The highest BCUT2D eigenvalue weighted by molar-refractivity contribution is 7.99. The van der Waals surface area contributed by atoms with E-state index in [2.05, 4.69) is 11.9 Å². The minimum absolute atomic E-state index is 0.157. The second kappa shape index (κ2) is 7.92. The topological polar surface area (TPSA) is 64.4 Å². The van der Waals surface area contributed by atoms with Crippen LogP contribution in [-0.2, 0) is 9.53 Å². The van der Waals surface area contributed by atoms with Gasteiger partial charge in [0, 0.05) is 24.3 Å². The molecule has 98 valence electrons. The molecule has 1 aromatic carbocycles. The Morgan fingerprint density at radius 1 is 1.61 bits per heavy atom. The number of methoxy groups -OCH3 is 1. The van der Waals surface area contributed by atoms with Gasteiger partial charge >= 0.3 is 0 Å². The molecule has 0 aliphatic rings. The average Bonchev–Trinajstić information content (AvgIpc) is 2.39. The summed E-state index contributed by atoms with van der Waals surface area (Å²) in [6, 6.07) is 7.61. The number of benzene rings is 1. The highest BCUT2D eigenvalue weighted by Gasteiger charge is 2.16. The molecule has 18 heavy (non-hydrogen) atoms. The Labute approximate surface area is 112 Å². The van der Waals surface area contributed by atoms with Gasteiger partial charge in [-0.25, -0.2) is 0 Å². The van der Waals surface area contributed by atoms with Crippen molar-refractivity contribution in [2.24, 2.45) is 5.73 Å². The molecule has 0 heterocycles. The van der Waals surface area contributed by atoms with Crippen molar-refractivity contribution in [3.63, 3.8) is 0 Å². The average molecular weight is 266 g/mol. The summed E-state index contributed by atoms with van der Waals surface area (Å²) in [5.41, 5.74) is 6.22. The summed E-state index contributed by atoms with van der Waals surface area (Å²) in [6.45, 7) is 3.83. The predicted octanol–water partition coefficient (Wildman–Crippen LogP) is 1.88. The van der Waals surface area contributed by atoms with Gasteiger partial charge in [0.2, 0.25) is 0 Å². The summed E-state index contributed by atoms with van der Waals surface area (Å²) < 4.78 is 4.99. The van der Waals surface area contributed by atoms with Gasteiger partial charge < -0.3 is 15.8 Å². The first-order chi connectivity index (χ1) is 8.72. The maximum Gasteiger partial charge on any atom is 0.254 e. The van der Waals surface area contributed by atoms with Gasteiger partial charge in [0.25, 0.3) is 5.91 Å². The standard InChI is InChI=1S/C13H18N2O2S/c1-3-8-18-12-7-5-4-6-10(12)15-13(16)11(9-14)17-2/h3-7,11H,1,8-9,14H2,2H3,(H,15,16). The molecule has 5 heteroatoms. The molecule has 0 saturated heterocycles. The van der Waals surface area contributed by atoms with E-state index in [9.17, 15) is 4.79 Å². The fourth-order valence-corrected chi connectivity index (χ4v) is 2.11. The molecule has 1 rings (SSSR count). The highest BCUT2D eigenvalue weighted by Crippen LogP contribution is 2.27. The van der Waals surface area contributed by atoms with Crippen molar-refractivity contribution >= 4 is 23.4 Å². The zero-order chi connectivity index (χ0) is 13.4. The number of hydrogen-bond acceptors (Lipinski definition) is 4. The van der Waals surface area contributed by atoms with Gasteiger partial charge in [0.05, 0.1) is 5.69 Å². The summed E-state index contributed by atoms with van der Waals surface area (Å²) in [5, 5.41) is 2.82. The third kappa shape index (κ3) is 4.18. The second-order valence-corrected chi connectivity index (χ2v) is 4.61. The van der Waals surface area contributed by atoms with Gasteiger partial charge in [-0.15, -0.1) is 18.3 Å². The molecule has 1 amide bonds. The van der Waals surface area contributed by atoms with Gasteiger partial charge in [-0.1, -0.05) is 18.2 Å². The summed E-state index contributed by atoms with van der Waals surface area (Å²) in [6.07, 6.45) is 1.20. The van der Waals surface area contributed by atoms with Crippen LogP contribution < -0.4 is 11.1 Å². The number of nitrogens with two attached hydrogens (primary N) is 1. The number of rotatable bonds is 7. The minimum atomic E-state index is -0.623. The van der Waals surface area contributed by atoms with Crippen molar-refractivity contribution in [3.05, 3.63) is 36.9 Å². The number of thioether (sulfide) groups is 1. The van der Waals surface area contributed by atoms with Gasteiger partial charge in [-0.05, 0) is 12.1 Å². The number of hydrogen-bond donors (Lipinski definition) is 2. The number of para-hydroxylation sites is 1. The van der Waals surface area contributed by atoms with Crippen LogP contribution in [0.5, 0.6) is 0 Å². The van der Waals surface area contributed by atoms with Gasteiger partial charge in [0.1, 0.15) is 6.10 Å². The van der Waals surface area contributed by atoms with Crippen molar-refractivity contribution in [2.75, 3.05) is 24.7 Å². The Morgan fingerprint density at radius 2 is 2.33 bits per heavy atom. The molecule has 1 unspecified atom stereocenters. The third-order valence-corrected chi connectivity index (χ3v) is 3.36. The van der Waals surface area contributed by atoms with Crippen LogP contribution in [0.3, 0.4) is 0 Å². The first kappa shape index (κ1) is 14.8. The fourth-order valence-electron chi connectivity index (χ4n) is 1.37. The summed E-state index contributed by atoms with van der Waals surface area (Å²) in [4.78, 5) is 12.9. The molecule has 0 spiro atoms. The van der Waals surface area contributed by atoms with Crippen LogP contribution in [0.1, 0.15) is 0 Å². The van der Waals surface area contributed by atoms with E-state index in [1.807, 2.05) is 30.3 Å². The number of amides is 1. The second-order valence-electron chi connectivity index (χ2n) is 3.55.